The highest BCUT2D eigenvalue weighted by molar-refractivity contribution is 8.00. The minimum absolute atomic E-state index is 0.0847. The first kappa shape index (κ1) is 17.8. The second-order valence-corrected chi connectivity index (χ2v) is 7.87. The average molecular weight is 360 g/mol. The number of hydrogen-bond donors (Lipinski definition) is 2. The number of rotatable bonds is 7. The van der Waals surface area contributed by atoms with Gasteiger partial charge in [-0.3, -0.25) is 9.36 Å². The van der Waals surface area contributed by atoms with Crippen molar-refractivity contribution in [1.82, 2.24) is 14.8 Å². The molecule has 7 heteroatoms. The van der Waals surface area contributed by atoms with Crippen molar-refractivity contribution in [3.8, 4) is 0 Å². The summed E-state index contributed by atoms with van der Waals surface area (Å²) >= 11 is 1.32. The van der Waals surface area contributed by atoms with Gasteiger partial charge in [0, 0.05) is 11.7 Å². The third-order valence-corrected chi connectivity index (χ3v) is 5.66. The fourth-order valence-corrected chi connectivity index (χ4v) is 3.66. The number of benzene rings is 1. The zero-order valence-corrected chi connectivity index (χ0v) is 15.6. The number of carbonyl (C=O) groups is 1. The predicted molar refractivity (Wildman–Crippen MR) is 100 cm³/mol. The Labute approximate surface area is 151 Å². The second-order valence-electron chi connectivity index (χ2n) is 6.56. The fourth-order valence-electron chi connectivity index (χ4n) is 2.73. The van der Waals surface area contributed by atoms with Crippen molar-refractivity contribution in [3.63, 3.8) is 0 Å². The van der Waals surface area contributed by atoms with Gasteiger partial charge < -0.3 is 5.32 Å². The summed E-state index contributed by atoms with van der Waals surface area (Å²) in [6.07, 6.45) is 3.00. The van der Waals surface area contributed by atoms with Gasteiger partial charge in [0.15, 0.2) is 5.16 Å². The number of nitrogens with zero attached hydrogens (tertiary/aromatic N) is 2. The molecule has 1 saturated carbocycles. The molecule has 134 valence electrons. The monoisotopic (exact) mass is 360 g/mol. The van der Waals surface area contributed by atoms with Gasteiger partial charge in [-0.15, -0.1) is 5.10 Å². The van der Waals surface area contributed by atoms with Gasteiger partial charge in [0.2, 0.25) is 5.91 Å². The Morgan fingerprint density at radius 3 is 2.80 bits per heavy atom. The van der Waals surface area contributed by atoms with E-state index in [0.717, 1.165) is 30.5 Å². The summed E-state index contributed by atoms with van der Waals surface area (Å²) in [5.74, 6) is 0.296. The number of nitrogens with one attached hydrogen (secondary N) is 2. The molecule has 2 aromatic rings. The molecule has 1 aromatic carbocycles. The molecule has 25 heavy (non-hydrogen) atoms. The Hall–Kier alpha value is -2.02. The van der Waals surface area contributed by atoms with Crippen LogP contribution in [0.4, 0.5) is 5.69 Å². The lowest BCUT2D eigenvalue weighted by Gasteiger charge is -2.17. The minimum atomic E-state index is -0.349. The van der Waals surface area contributed by atoms with Gasteiger partial charge in [0.05, 0.1) is 5.25 Å². The van der Waals surface area contributed by atoms with E-state index in [4.69, 9.17) is 0 Å². The topological polar surface area (TPSA) is 79.8 Å². The molecular weight excluding hydrogens is 336 g/mol. The van der Waals surface area contributed by atoms with Gasteiger partial charge in [0.1, 0.15) is 0 Å². The summed E-state index contributed by atoms with van der Waals surface area (Å²) in [4.78, 5) is 24.5. The number of H-pyrrole nitrogens is 1. The molecule has 6 nitrogen and oxygen atoms in total. The van der Waals surface area contributed by atoms with Gasteiger partial charge in [-0.25, -0.2) is 9.89 Å². The maximum Gasteiger partial charge on any atom is 0.344 e. The zero-order chi connectivity index (χ0) is 18.0. The van der Waals surface area contributed by atoms with Crippen molar-refractivity contribution in [2.24, 2.45) is 0 Å². The number of aromatic amines is 1. The van der Waals surface area contributed by atoms with Crippen molar-refractivity contribution in [2.45, 2.75) is 62.4 Å². The van der Waals surface area contributed by atoms with Crippen LogP contribution in [0.2, 0.25) is 0 Å². The first-order valence-corrected chi connectivity index (χ1v) is 9.62. The Morgan fingerprint density at radius 1 is 1.40 bits per heavy atom. The number of amides is 1. The molecule has 1 amide bonds. The van der Waals surface area contributed by atoms with Crippen LogP contribution >= 0.6 is 11.8 Å². The maximum absolute atomic E-state index is 12.6. The predicted octanol–water partition coefficient (Wildman–Crippen LogP) is 3.54. The molecule has 2 N–H and O–H groups in total. The number of anilines is 1. The number of carbonyl (C=O) groups excluding carboxylic acids is 1. The lowest BCUT2D eigenvalue weighted by molar-refractivity contribution is -0.115. The molecule has 1 heterocycles. The van der Waals surface area contributed by atoms with Crippen molar-refractivity contribution in [3.05, 3.63) is 40.3 Å². The molecule has 0 saturated heterocycles. The van der Waals surface area contributed by atoms with Crippen molar-refractivity contribution >= 4 is 23.4 Å². The largest absolute Gasteiger partial charge is 0.344 e. The highest BCUT2D eigenvalue weighted by atomic mass is 32.2. The molecule has 1 aromatic heterocycles. The molecule has 0 aliphatic heterocycles. The van der Waals surface area contributed by atoms with Crippen LogP contribution in [0.15, 0.2) is 34.2 Å². The Morgan fingerprint density at radius 2 is 2.12 bits per heavy atom. The lowest BCUT2D eigenvalue weighted by Crippen LogP contribution is -2.24. The van der Waals surface area contributed by atoms with E-state index in [1.54, 1.807) is 4.57 Å². The molecule has 0 unspecified atom stereocenters. The van der Waals surface area contributed by atoms with Gasteiger partial charge in [-0.05, 0) is 43.7 Å². The van der Waals surface area contributed by atoms with E-state index in [2.05, 4.69) is 35.4 Å². The van der Waals surface area contributed by atoms with E-state index in [1.807, 2.05) is 25.1 Å². The van der Waals surface area contributed by atoms with E-state index >= 15 is 0 Å². The number of hydrogen-bond acceptors (Lipinski definition) is 4. The zero-order valence-electron chi connectivity index (χ0n) is 14.8. The Bertz CT molecular complexity index is 809. The first-order chi connectivity index (χ1) is 12.0. The van der Waals surface area contributed by atoms with Crippen molar-refractivity contribution < 1.29 is 4.79 Å². The molecule has 0 radical (unpaired) electrons. The van der Waals surface area contributed by atoms with Crippen LogP contribution < -0.4 is 11.0 Å². The van der Waals surface area contributed by atoms with Gasteiger partial charge >= 0.3 is 5.69 Å². The standard InChI is InChI=1S/C18H24N4O2S/c1-4-11(2)14-7-5-6-8-15(14)19-16(23)12(3)25-18-21-20-17(24)22(18)13-9-10-13/h5-8,11-13H,4,9-10H2,1-3H3,(H,19,23)(H,20,24)/t11-,12+/m1/s1. The number of para-hydroxylation sites is 1. The molecule has 2 atom stereocenters. The summed E-state index contributed by atoms with van der Waals surface area (Å²) in [6, 6.07) is 8.14. The van der Waals surface area contributed by atoms with Crippen LogP contribution in [-0.2, 0) is 4.79 Å². The van der Waals surface area contributed by atoms with Crippen molar-refractivity contribution in [1.29, 1.82) is 0 Å². The molecule has 1 aliphatic rings. The SMILES string of the molecule is CC[C@@H](C)c1ccccc1NC(=O)[C@H](C)Sc1n[nH]c(=O)n1C1CC1. The van der Waals surface area contributed by atoms with E-state index in [9.17, 15) is 9.59 Å². The third-order valence-electron chi connectivity index (χ3n) is 4.60. The molecule has 0 bridgehead atoms. The molecule has 0 spiro atoms. The molecule has 3 rings (SSSR count). The summed E-state index contributed by atoms with van der Waals surface area (Å²) in [7, 11) is 0. The van der Waals surface area contributed by atoms with Crippen molar-refractivity contribution in [2.75, 3.05) is 5.32 Å². The highest BCUT2D eigenvalue weighted by Crippen LogP contribution is 2.37. The normalized spacial score (nSPS) is 16.4. The third kappa shape index (κ3) is 3.98. The van der Waals surface area contributed by atoms with Crippen LogP contribution in [0.1, 0.15) is 57.6 Å². The maximum atomic E-state index is 12.6. The summed E-state index contributed by atoms with van der Waals surface area (Å²) in [5, 5.41) is 9.83. The Kier molecular flexibility index (Phi) is 5.32. The van der Waals surface area contributed by atoms with Gasteiger partial charge in [-0.2, -0.15) is 0 Å². The second kappa shape index (κ2) is 7.47. The van der Waals surface area contributed by atoms with Crippen LogP contribution in [0.25, 0.3) is 0 Å². The summed E-state index contributed by atoms with van der Waals surface area (Å²) < 4.78 is 1.67. The smallest absolute Gasteiger partial charge is 0.325 e. The van der Waals surface area contributed by atoms with E-state index < -0.39 is 0 Å². The molecular formula is C18H24N4O2S. The molecule has 1 aliphatic carbocycles. The van der Waals surface area contributed by atoms with Crippen LogP contribution in [0.3, 0.4) is 0 Å². The van der Waals surface area contributed by atoms with Crippen LogP contribution in [0, 0.1) is 0 Å². The minimum Gasteiger partial charge on any atom is -0.325 e. The van der Waals surface area contributed by atoms with E-state index in [-0.39, 0.29) is 22.9 Å². The Balaban J connectivity index is 1.71. The van der Waals surface area contributed by atoms with E-state index in [1.165, 1.54) is 11.8 Å². The first-order valence-electron chi connectivity index (χ1n) is 8.74. The number of aromatic nitrogens is 3. The lowest BCUT2D eigenvalue weighted by atomic mass is 9.97. The van der Waals surface area contributed by atoms with Gasteiger partial charge in [0.25, 0.3) is 0 Å². The van der Waals surface area contributed by atoms with Crippen LogP contribution in [0.5, 0.6) is 0 Å². The van der Waals surface area contributed by atoms with E-state index in [0.29, 0.717) is 11.1 Å². The summed E-state index contributed by atoms with van der Waals surface area (Å²) in [5.41, 5.74) is 1.81. The quantitative estimate of drug-likeness (QED) is 0.740. The summed E-state index contributed by atoms with van der Waals surface area (Å²) in [6.45, 7) is 6.12. The fraction of sp³-hybridized carbons (Fsp3) is 0.500. The van der Waals surface area contributed by atoms with Crippen LogP contribution in [-0.4, -0.2) is 25.9 Å². The average Bonchev–Trinajstić information content (AvgIpc) is 3.38. The van der Waals surface area contributed by atoms with Gasteiger partial charge in [-0.1, -0.05) is 43.8 Å². The molecule has 1 fully saturated rings. The highest BCUT2D eigenvalue weighted by Gasteiger charge is 2.30. The number of thioether (sulfide) groups is 1.